The van der Waals surface area contributed by atoms with Crippen molar-refractivity contribution < 1.29 is 4.48 Å². The highest BCUT2D eigenvalue weighted by Gasteiger charge is 2.19. The summed E-state index contributed by atoms with van der Waals surface area (Å²) < 4.78 is 1.32. The molecule has 0 aromatic carbocycles. The van der Waals surface area contributed by atoms with Gasteiger partial charge >= 0.3 is 0 Å². The van der Waals surface area contributed by atoms with Gasteiger partial charge < -0.3 is 4.48 Å². The van der Waals surface area contributed by atoms with Crippen molar-refractivity contribution >= 4 is 15.9 Å². The summed E-state index contributed by atoms with van der Waals surface area (Å²) in [6, 6.07) is 0. The summed E-state index contributed by atoms with van der Waals surface area (Å²) in [6.45, 7) is 8.78. The second-order valence-corrected chi connectivity index (χ2v) is 7.45. The number of hydrogen-bond donors (Lipinski definition) is 0. The molecule has 122 valence electrons. The lowest BCUT2D eigenvalue weighted by Gasteiger charge is -2.35. The summed E-state index contributed by atoms with van der Waals surface area (Å²) >= 11 is 3.56. The monoisotopic (exact) mass is 348 g/mol. The third-order valence-electron chi connectivity index (χ3n) is 4.43. The first-order valence-corrected chi connectivity index (χ1v) is 10.2. The van der Waals surface area contributed by atoms with E-state index < -0.39 is 0 Å². The van der Waals surface area contributed by atoms with Gasteiger partial charge in [-0.05, 0) is 38.5 Å². The Bertz CT molecular complexity index is 196. The Kier molecular flexibility index (Phi) is 14.7. The van der Waals surface area contributed by atoms with Gasteiger partial charge in [0.2, 0.25) is 0 Å². The topological polar surface area (TPSA) is 0 Å². The van der Waals surface area contributed by atoms with Crippen molar-refractivity contribution in [2.45, 2.75) is 84.5 Å². The molecule has 0 aliphatic rings. The predicted octanol–water partition coefficient (Wildman–Crippen LogP) is 6.16. The van der Waals surface area contributed by atoms with Crippen LogP contribution in [-0.2, 0) is 0 Å². The molecule has 20 heavy (non-hydrogen) atoms. The van der Waals surface area contributed by atoms with Crippen molar-refractivity contribution in [2.24, 2.45) is 0 Å². The Balaban J connectivity index is 3.95. The first kappa shape index (κ1) is 20.4. The van der Waals surface area contributed by atoms with Crippen LogP contribution < -0.4 is 0 Å². The van der Waals surface area contributed by atoms with E-state index in [1.54, 1.807) is 0 Å². The number of halogens is 1. The lowest BCUT2D eigenvalue weighted by Crippen LogP contribution is -2.46. The number of alkyl halides is 1. The molecule has 0 aromatic heterocycles. The fourth-order valence-electron chi connectivity index (χ4n) is 2.94. The van der Waals surface area contributed by atoms with Gasteiger partial charge in [0.15, 0.2) is 0 Å². The Morgan fingerprint density at radius 2 is 1.00 bits per heavy atom. The summed E-state index contributed by atoms with van der Waals surface area (Å²) in [6.07, 6.45) is 15.4. The second-order valence-electron chi connectivity index (χ2n) is 6.66. The van der Waals surface area contributed by atoms with Crippen LogP contribution in [0.5, 0.6) is 0 Å². The number of unbranched alkanes of at least 4 members (excludes halogenated alkanes) is 8. The van der Waals surface area contributed by atoms with Crippen molar-refractivity contribution in [1.82, 2.24) is 0 Å². The fraction of sp³-hybridized carbons (Fsp3) is 1.00. The molecule has 0 radical (unpaired) electrons. The smallest absolute Gasteiger partial charge is 0.0784 e. The lowest BCUT2D eigenvalue weighted by atomic mass is 10.1. The van der Waals surface area contributed by atoms with Crippen LogP contribution in [0.25, 0.3) is 0 Å². The van der Waals surface area contributed by atoms with E-state index in [4.69, 9.17) is 0 Å². The average molecular weight is 349 g/mol. The Hall–Kier alpha value is 0.440. The molecule has 0 aliphatic carbocycles. The van der Waals surface area contributed by atoms with Gasteiger partial charge in [0.1, 0.15) is 0 Å². The summed E-state index contributed by atoms with van der Waals surface area (Å²) in [5.74, 6) is 0. The molecule has 0 rings (SSSR count). The van der Waals surface area contributed by atoms with Gasteiger partial charge in [-0.25, -0.2) is 0 Å². The minimum atomic E-state index is 1.17. The van der Waals surface area contributed by atoms with Crippen molar-refractivity contribution in [3.63, 3.8) is 0 Å². The molecule has 2 heteroatoms. The zero-order chi connectivity index (χ0) is 15.1. The average Bonchev–Trinajstić information content (AvgIpc) is 2.44. The molecule has 0 saturated carbocycles. The van der Waals surface area contributed by atoms with E-state index in [-0.39, 0.29) is 0 Å². The van der Waals surface area contributed by atoms with Crippen molar-refractivity contribution in [2.75, 3.05) is 32.0 Å². The third kappa shape index (κ3) is 12.2. The van der Waals surface area contributed by atoms with Crippen LogP contribution >= 0.6 is 15.9 Å². The molecule has 1 atom stereocenters. The lowest BCUT2D eigenvalue weighted by molar-refractivity contribution is -0.910. The zero-order valence-corrected chi connectivity index (χ0v) is 16.0. The molecule has 0 aliphatic heterocycles. The summed E-state index contributed by atoms with van der Waals surface area (Å²) in [5, 5.41) is 1.17. The van der Waals surface area contributed by atoms with Crippen LogP contribution in [0.4, 0.5) is 0 Å². The van der Waals surface area contributed by atoms with Gasteiger partial charge in [0, 0.05) is 5.33 Å². The van der Waals surface area contributed by atoms with Crippen LogP contribution in [0.15, 0.2) is 0 Å². The van der Waals surface area contributed by atoms with E-state index in [1.165, 1.54) is 100 Å². The van der Waals surface area contributed by atoms with Crippen LogP contribution in [-0.4, -0.2) is 36.5 Å². The number of rotatable bonds is 15. The number of hydrogen-bond acceptors (Lipinski definition) is 0. The van der Waals surface area contributed by atoms with Crippen molar-refractivity contribution in [1.29, 1.82) is 0 Å². The fourth-order valence-corrected chi connectivity index (χ4v) is 3.34. The van der Waals surface area contributed by atoms with Gasteiger partial charge in [-0.2, -0.15) is 0 Å². The SMILES string of the molecule is CCCCCCC[N+](C)(CCCCBr)CCCCCC. The van der Waals surface area contributed by atoms with E-state index in [0.717, 1.165) is 0 Å². The summed E-state index contributed by atoms with van der Waals surface area (Å²) in [4.78, 5) is 0. The van der Waals surface area contributed by atoms with E-state index >= 15 is 0 Å². The number of quaternary nitrogens is 1. The van der Waals surface area contributed by atoms with Crippen LogP contribution in [0.1, 0.15) is 84.5 Å². The molecule has 0 bridgehead atoms. The minimum absolute atomic E-state index is 1.17. The third-order valence-corrected chi connectivity index (χ3v) is 5.00. The maximum Gasteiger partial charge on any atom is 0.0784 e. The molecule has 1 nitrogen and oxygen atoms in total. The quantitative estimate of drug-likeness (QED) is 0.189. The second kappa shape index (κ2) is 14.4. The van der Waals surface area contributed by atoms with Crippen LogP contribution in [0.3, 0.4) is 0 Å². The van der Waals surface area contributed by atoms with Crippen molar-refractivity contribution in [3.8, 4) is 0 Å². The first-order valence-electron chi connectivity index (χ1n) is 9.08. The molecule has 0 amide bonds. The highest BCUT2D eigenvalue weighted by Crippen LogP contribution is 2.14. The largest absolute Gasteiger partial charge is 0.326 e. The van der Waals surface area contributed by atoms with Crippen LogP contribution in [0.2, 0.25) is 0 Å². The number of nitrogens with zero attached hydrogens (tertiary/aromatic N) is 1. The van der Waals surface area contributed by atoms with Crippen molar-refractivity contribution in [3.05, 3.63) is 0 Å². The molecule has 0 heterocycles. The van der Waals surface area contributed by atoms with E-state index in [9.17, 15) is 0 Å². The molecular weight excluding hydrogens is 310 g/mol. The molecule has 0 fully saturated rings. The molecule has 1 unspecified atom stereocenters. The Labute approximate surface area is 137 Å². The maximum absolute atomic E-state index is 3.56. The maximum atomic E-state index is 3.56. The molecule has 0 aromatic rings. The Morgan fingerprint density at radius 1 is 0.600 bits per heavy atom. The van der Waals surface area contributed by atoms with Gasteiger partial charge in [0.25, 0.3) is 0 Å². The summed E-state index contributed by atoms with van der Waals surface area (Å²) in [7, 11) is 2.50. The highest BCUT2D eigenvalue weighted by atomic mass is 79.9. The Morgan fingerprint density at radius 3 is 1.45 bits per heavy atom. The molecular formula is C18H39BrN+. The van der Waals surface area contributed by atoms with E-state index in [0.29, 0.717) is 0 Å². The molecule has 0 spiro atoms. The van der Waals surface area contributed by atoms with E-state index in [1.807, 2.05) is 0 Å². The van der Waals surface area contributed by atoms with Gasteiger partial charge in [-0.1, -0.05) is 61.9 Å². The normalized spacial score (nSPS) is 14.4. The molecule has 0 saturated heterocycles. The zero-order valence-electron chi connectivity index (χ0n) is 14.4. The van der Waals surface area contributed by atoms with Gasteiger partial charge in [0.05, 0.1) is 26.7 Å². The molecule has 0 N–H and O–H groups in total. The first-order chi connectivity index (χ1) is 9.68. The van der Waals surface area contributed by atoms with Gasteiger partial charge in [-0.15, -0.1) is 0 Å². The predicted molar refractivity (Wildman–Crippen MR) is 96.7 cm³/mol. The van der Waals surface area contributed by atoms with Gasteiger partial charge in [-0.3, -0.25) is 0 Å². The summed E-state index contributed by atoms with van der Waals surface area (Å²) in [5.41, 5.74) is 0. The minimum Gasteiger partial charge on any atom is -0.326 e. The van der Waals surface area contributed by atoms with E-state index in [2.05, 4.69) is 36.8 Å². The van der Waals surface area contributed by atoms with Crippen LogP contribution in [0, 0.1) is 0 Å². The highest BCUT2D eigenvalue weighted by molar-refractivity contribution is 9.09. The standard InChI is InChI=1S/C18H39BrN/c1-4-6-8-10-13-17-20(3,18-14-11-15-19)16-12-9-7-5-2/h4-18H2,1-3H3/q+1.